The lowest BCUT2D eigenvalue weighted by molar-refractivity contribution is -0.261. The standard InChI is InChI=1S/C28H35ClF3N3O4/c1-33(2)25(36)23-11-10-21(18-24(23)29)35-15-12-19(13-16-35)7-6-14-34(3)26(37)27(38,28(30,31)32)20-8-5-9-22(17-20)39-4/h5,8-11,17-19,38H,6-7,12-16H2,1-4H3/t27-/m1/s1. The topological polar surface area (TPSA) is 73.3 Å². The Morgan fingerprint density at radius 1 is 1.10 bits per heavy atom. The molecule has 1 aliphatic rings. The molecule has 0 unspecified atom stereocenters. The van der Waals surface area contributed by atoms with E-state index in [1.54, 1.807) is 26.2 Å². The van der Waals surface area contributed by atoms with E-state index in [1.807, 2.05) is 6.07 Å². The SMILES string of the molecule is COc1cccc([C@@](O)(C(=O)N(C)CCCC2CCN(c3ccc(C(=O)N(C)C)c(Cl)c3)CC2)C(F)(F)F)c1. The summed E-state index contributed by atoms with van der Waals surface area (Å²) >= 11 is 6.35. The number of hydrogen-bond acceptors (Lipinski definition) is 5. The van der Waals surface area contributed by atoms with Crippen molar-refractivity contribution in [3.05, 3.63) is 58.6 Å². The van der Waals surface area contributed by atoms with Crippen molar-refractivity contribution in [2.75, 3.05) is 52.8 Å². The van der Waals surface area contributed by atoms with Crippen LogP contribution in [0.15, 0.2) is 42.5 Å². The molecule has 3 rings (SSSR count). The molecule has 0 bridgehead atoms. The number of halogens is 4. The Hall–Kier alpha value is -2.98. The summed E-state index contributed by atoms with van der Waals surface area (Å²) in [6.45, 7) is 1.64. The zero-order valence-electron chi connectivity index (χ0n) is 22.6. The van der Waals surface area contributed by atoms with E-state index in [1.165, 1.54) is 31.2 Å². The van der Waals surface area contributed by atoms with Crippen molar-refractivity contribution in [3.63, 3.8) is 0 Å². The summed E-state index contributed by atoms with van der Waals surface area (Å²) < 4.78 is 46.9. The van der Waals surface area contributed by atoms with E-state index >= 15 is 0 Å². The Morgan fingerprint density at radius 2 is 1.77 bits per heavy atom. The van der Waals surface area contributed by atoms with Gasteiger partial charge >= 0.3 is 6.18 Å². The monoisotopic (exact) mass is 569 g/mol. The van der Waals surface area contributed by atoms with Gasteiger partial charge in [0.25, 0.3) is 17.4 Å². The summed E-state index contributed by atoms with van der Waals surface area (Å²) in [6.07, 6.45) is -2.20. The molecule has 39 heavy (non-hydrogen) atoms. The van der Waals surface area contributed by atoms with Crippen LogP contribution >= 0.6 is 11.6 Å². The van der Waals surface area contributed by atoms with Crippen LogP contribution < -0.4 is 9.64 Å². The first kappa shape index (κ1) is 30.6. The zero-order chi connectivity index (χ0) is 29.0. The molecule has 1 saturated heterocycles. The number of aliphatic hydroxyl groups is 1. The molecule has 0 radical (unpaired) electrons. The van der Waals surface area contributed by atoms with Gasteiger partial charge in [0.1, 0.15) is 5.75 Å². The summed E-state index contributed by atoms with van der Waals surface area (Å²) in [5.74, 6) is -1.12. The van der Waals surface area contributed by atoms with E-state index in [9.17, 15) is 27.9 Å². The molecule has 1 heterocycles. The fourth-order valence-electron chi connectivity index (χ4n) is 4.85. The van der Waals surface area contributed by atoms with E-state index in [0.717, 1.165) is 55.1 Å². The summed E-state index contributed by atoms with van der Waals surface area (Å²) in [4.78, 5) is 29.7. The highest BCUT2D eigenvalue weighted by atomic mass is 35.5. The van der Waals surface area contributed by atoms with Gasteiger partial charge in [-0.25, -0.2) is 0 Å². The molecule has 11 heteroatoms. The third kappa shape index (κ3) is 6.78. The molecule has 0 aliphatic carbocycles. The van der Waals surface area contributed by atoms with Gasteiger partial charge in [0.2, 0.25) is 0 Å². The number of methoxy groups -OCH3 is 1. The largest absolute Gasteiger partial charge is 0.497 e. The third-order valence-corrected chi connectivity index (χ3v) is 7.54. The number of piperidine rings is 1. The van der Waals surface area contributed by atoms with Crippen molar-refractivity contribution in [1.29, 1.82) is 0 Å². The van der Waals surface area contributed by atoms with Crippen molar-refractivity contribution >= 4 is 29.1 Å². The average Bonchev–Trinajstić information content (AvgIpc) is 2.91. The predicted molar refractivity (Wildman–Crippen MR) is 144 cm³/mol. The van der Waals surface area contributed by atoms with Crippen molar-refractivity contribution < 1.29 is 32.6 Å². The molecule has 0 aromatic heterocycles. The Balaban J connectivity index is 1.55. The van der Waals surface area contributed by atoms with Crippen molar-refractivity contribution in [2.45, 2.75) is 37.5 Å². The lowest BCUT2D eigenvalue weighted by atomic mass is 9.90. The van der Waals surface area contributed by atoms with Gasteiger partial charge in [-0.05, 0) is 61.9 Å². The van der Waals surface area contributed by atoms with Crippen molar-refractivity contribution in [2.24, 2.45) is 5.92 Å². The van der Waals surface area contributed by atoms with Crippen LogP contribution in [0.5, 0.6) is 5.75 Å². The summed E-state index contributed by atoms with van der Waals surface area (Å²) in [7, 11) is 5.91. The molecular weight excluding hydrogens is 535 g/mol. The van der Waals surface area contributed by atoms with E-state index in [-0.39, 0.29) is 18.2 Å². The number of likely N-dealkylation sites (N-methyl/N-ethyl adjacent to an activating group) is 1. The van der Waals surface area contributed by atoms with Gasteiger partial charge < -0.3 is 24.5 Å². The minimum absolute atomic E-state index is 0.0817. The number of alkyl halides is 3. The van der Waals surface area contributed by atoms with Crippen LogP contribution in [-0.4, -0.2) is 80.8 Å². The first-order valence-electron chi connectivity index (χ1n) is 12.7. The molecule has 1 N–H and O–H groups in total. The number of hydrogen-bond donors (Lipinski definition) is 1. The smallest absolute Gasteiger partial charge is 0.430 e. The second-order valence-electron chi connectivity index (χ2n) is 10.1. The number of carbonyl (C=O) groups excluding carboxylic acids is 2. The van der Waals surface area contributed by atoms with Gasteiger partial charge in [-0.15, -0.1) is 0 Å². The van der Waals surface area contributed by atoms with Crippen LogP contribution in [0, 0.1) is 5.92 Å². The highest BCUT2D eigenvalue weighted by Crippen LogP contribution is 2.41. The molecule has 1 fully saturated rings. The van der Waals surface area contributed by atoms with E-state index in [2.05, 4.69) is 4.90 Å². The molecule has 0 spiro atoms. The molecule has 2 amide bonds. The predicted octanol–water partition coefficient (Wildman–Crippen LogP) is 4.96. The molecule has 7 nitrogen and oxygen atoms in total. The summed E-state index contributed by atoms with van der Waals surface area (Å²) in [5, 5.41) is 11.0. The van der Waals surface area contributed by atoms with Crippen LogP contribution in [0.25, 0.3) is 0 Å². The Morgan fingerprint density at radius 3 is 2.33 bits per heavy atom. The number of amides is 2. The molecule has 2 aromatic rings. The molecule has 2 aromatic carbocycles. The van der Waals surface area contributed by atoms with E-state index < -0.39 is 23.2 Å². The van der Waals surface area contributed by atoms with Gasteiger partial charge in [0.05, 0.1) is 17.7 Å². The highest BCUT2D eigenvalue weighted by Gasteiger charge is 2.61. The number of benzene rings is 2. The van der Waals surface area contributed by atoms with Crippen LogP contribution in [0.4, 0.5) is 18.9 Å². The molecule has 1 atom stereocenters. The van der Waals surface area contributed by atoms with Crippen molar-refractivity contribution in [3.8, 4) is 5.75 Å². The minimum Gasteiger partial charge on any atom is -0.497 e. The summed E-state index contributed by atoms with van der Waals surface area (Å²) in [5.41, 5.74) is -2.88. The number of carbonyl (C=O) groups is 2. The number of ether oxygens (including phenoxy) is 1. The average molecular weight is 570 g/mol. The Labute approximate surface area is 232 Å². The molecule has 1 aliphatic heterocycles. The van der Waals surface area contributed by atoms with Crippen LogP contribution in [0.1, 0.15) is 41.6 Å². The van der Waals surface area contributed by atoms with Gasteiger partial charge in [-0.1, -0.05) is 23.7 Å². The fourth-order valence-corrected chi connectivity index (χ4v) is 5.10. The highest BCUT2D eigenvalue weighted by molar-refractivity contribution is 6.34. The quantitative estimate of drug-likeness (QED) is 0.462. The lowest BCUT2D eigenvalue weighted by Crippen LogP contribution is -2.55. The van der Waals surface area contributed by atoms with Crippen LogP contribution in [0.2, 0.25) is 5.02 Å². The first-order chi connectivity index (χ1) is 18.3. The normalized spacial score (nSPS) is 16.0. The Kier molecular flexibility index (Phi) is 9.77. The second kappa shape index (κ2) is 12.5. The number of nitrogens with zero attached hydrogens (tertiary/aromatic N) is 3. The van der Waals surface area contributed by atoms with E-state index in [0.29, 0.717) is 22.9 Å². The lowest BCUT2D eigenvalue weighted by Gasteiger charge is -2.35. The zero-order valence-corrected chi connectivity index (χ0v) is 23.3. The van der Waals surface area contributed by atoms with Gasteiger partial charge in [-0.2, -0.15) is 13.2 Å². The first-order valence-corrected chi connectivity index (χ1v) is 13.1. The third-order valence-electron chi connectivity index (χ3n) is 7.23. The molecule has 214 valence electrons. The van der Waals surface area contributed by atoms with Gasteiger partial charge in [0.15, 0.2) is 0 Å². The Bertz CT molecular complexity index is 1170. The maximum absolute atomic E-state index is 14.0. The fraction of sp³-hybridized carbons (Fsp3) is 0.500. The van der Waals surface area contributed by atoms with Gasteiger partial charge in [0, 0.05) is 52.0 Å². The van der Waals surface area contributed by atoms with Crippen LogP contribution in [-0.2, 0) is 10.4 Å². The summed E-state index contributed by atoms with van der Waals surface area (Å²) in [6, 6.07) is 10.2. The van der Waals surface area contributed by atoms with Crippen LogP contribution in [0.3, 0.4) is 0 Å². The minimum atomic E-state index is -5.21. The number of rotatable bonds is 9. The number of anilines is 1. The second-order valence-corrected chi connectivity index (χ2v) is 10.5. The maximum atomic E-state index is 14.0. The molecular formula is C28H35ClF3N3O4. The van der Waals surface area contributed by atoms with Gasteiger partial charge in [-0.3, -0.25) is 9.59 Å². The van der Waals surface area contributed by atoms with Crippen molar-refractivity contribution in [1.82, 2.24) is 9.80 Å². The molecule has 0 saturated carbocycles. The van der Waals surface area contributed by atoms with E-state index in [4.69, 9.17) is 16.3 Å². The maximum Gasteiger partial charge on any atom is 0.430 e.